The monoisotopic (exact) mass is 291 g/mol. The molecule has 0 spiro atoms. The molecular formula is C15H18ClN3O. The van der Waals surface area contributed by atoms with Crippen LogP contribution < -0.4 is 0 Å². The molecule has 1 aliphatic heterocycles. The maximum absolute atomic E-state index is 12.3. The van der Waals surface area contributed by atoms with Crippen LogP contribution in [0.1, 0.15) is 23.9 Å². The lowest BCUT2D eigenvalue weighted by Gasteiger charge is -2.15. The molecule has 106 valence electrons. The van der Waals surface area contributed by atoms with E-state index in [2.05, 4.69) is 27.8 Å². The number of hydrogen-bond donors (Lipinski definition) is 0. The van der Waals surface area contributed by atoms with Gasteiger partial charge < -0.3 is 9.47 Å². The van der Waals surface area contributed by atoms with Gasteiger partial charge in [0.25, 0.3) is 0 Å². The minimum Gasteiger partial charge on any atom is -0.344 e. The third-order valence-electron chi connectivity index (χ3n) is 3.95. The van der Waals surface area contributed by atoms with E-state index < -0.39 is 0 Å². The number of carbonyl (C=O) groups is 1. The molecule has 1 amide bonds. The van der Waals surface area contributed by atoms with Crippen molar-refractivity contribution in [3.8, 4) is 0 Å². The Morgan fingerprint density at radius 1 is 1.45 bits per heavy atom. The van der Waals surface area contributed by atoms with Crippen LogP contribution in [0.4, 0.5) is 0 Å². The molecule has 1 saturated heterocycles. The van der Waals surface area contributed by atoms with Crippen LogP contribution in [-0.2, 0) is 11.2 Å². The molecule has 1 aliphatic rings. The highest BCUT2D eigenvalue weighted by molar-refractivity contribution is 6.17. The van der Waals surface area contributed by atoms with Gasteiger partial charge >= 0.3 is 0 Å². The van der Waals surface area contributed by atoms with Gasteiger partial charge in [-0.3, -0.25) is 4.79 Å². The summed E-state index contributed by atoms with van der Waals surface area (Å²) in [4.78, 5) is 18.8. The Kier molecular flexibility index (Phi) is 3.42. The lowest BCUT2D eigenvalue weighted by molar-refractivity contribution is -0.129. The number of imidazole rings is 1. The first-order chi connectivity index (χ1) is 9.61. The second-order valence-electron chi connectivity index (χ2n) is 5.39. The molecule has 0 bridgehead atoms. The van der Waals surface area contributed by atoms with Gasteiger partial charge in [0.15, 0.2) is 0 Å². The molecule has 0 saturated carbocycles. The van der Waals surface area contributed by atoms with Crippen molar-refractivity contribution in [3.63, 3.8) is 0 Å². The summed E-state index contributed by atoms with van der Waals surface area (Å²) in [7, 11) is 1.85. The van der Waals surface area contributed by atoms with E-state index in [1.165, 1.54) is 5.56 Å². The lowest BCUT2D eigenvalue weighted by Crippen LogP contribution is -2.25. The number of aromatic nitrogens is 2. The molecule has 1 aromatic carbocycles. The highest BCUT2D eigenvalue weighted by Crippen LogP contribution is 2.29. The van der Waals surface area contributed by atoms with Crippen LogP contribution >= 0.6 is 11.6 Å². The normalized spacial score (nSPS) is 19.2. The summed E-state index contributed by atoms with van der Waals surface area (Å²) in [5, 5.41) is 0. The molecule has 1 fully saturated rings. The zero-order chi connectivity index (χ0) is 14.3. The van der Waals surface area contributed by atoms with Gasteiger partial charge in [-0.15, -0.1) is 11.6 Å². The van der Waals surface area contributed by atoms with E-state index in [0.717, 1.165) is 29.8 Å². The Morgan fingerprint density at radius 3 is 2.90 bits per heavy atom. The van der Waals surface area contributed by atoms with Crippen LogP contribution in [-0.4, -0.2) is 39.8 Å². The van der Waals surface area contributed by atoms with Crippen LogP contribution in [0, 0.1) is 6.92 Å². The molecule has 0 radical (unpaired) electrons. The van der Waals surface area contributed by atoms with E-state index in [1.54, 1.807) is 4.90 Å². The average molecular weight is 292 g/mol. The number of amides is 1. The highest BCUT2D eigenvalue weighted by Gasteiger charge is 2.33. The number of hydrogen-bond acceptors (Lipinski definition) is 2. The molecule has 3 rings (SSSR count). The molecule has 0 N–H and O–H groups in total. The van der Waals surface area contributed by atoms with E-state index in [0.29, 0.717) is 12.3 Å². The zero-order valence-corrected chi connectivity index (χ0v) is 12.5. The molecule has 1 atom stereocenters. The fourth-order valence-corrected chi connectivity index (χ4v) is 3.08. The molecule has 2 aromatic rings. The van der Waals surface area contributed by atoms with E-state index in [9.17, 15) is 4.79 Å². The second kappa shape index (κ2) is 5.09. The van der Waals surface area contributed by atoms with Crippen LogP contribution in [0.3, 0.4) is 0 Å². The zero-order valence-electron chi connectivity index (χ0n) is 11.8. The first-order valence-corrected chi connectivity index (χ1v) is 7.43. The molecule has 20 heavy (non-hydrogen) atoms. The van der Waals surface area contributed by atoms with Crippen molar-refractivity contribution in [2.24, 2.45) is 0 Å². The Labute approximate surface area is 123 Å². The number of halogens is 1. The summed E-state index contributed by atoms with van der Waals surface area (Å²) < 4.78 is 2.09. The summed E-state index contributed by atoms with van der Waals surface area (Å²) in [6, 6.07) is 6.05. The Balaban J connectivity index is 2.16. The molecule has 1 unspecified atom stereocenters. The minimum atomic E-state index is -0.133. The number of nitrogens with zero attached hydrogens (tertiary/aromatic N) is 3. The molecular weight excluding hydrogens is 274 g/mol. The maximum Gasteiger partial charge on any atom is 0.245 e. The number of likely N-dealkylation sites (tertiary alicyclic amines) is 1. The van der Waals surface area contributed by atoms with Crippen molar-refractivity contribution < 1.29 is 4.79 Å². The summed E-state index contributed by atoms with van der Waals surface area (Å²) in [5.74, 6) is 1.59. The number of rotatable bonds is 3. The predicted octanol–water partition coefficient (Wildman–Crippen LogP) is 2.53. The third kappa shape index (κ3) is 2.08. The highest BCUT2D eigenvalue weighted by atomic mass is 35.5. The topological polar surface area (TPSA) is 38.1 Å². The summed E-state index contributed by atoms with van der Waals surface area (Å²) in [5.41, 5.74) is 3.16. The molecule has 0 aliphatic carbocycles. The fraction of sp³-hybridized carbons (Fsp3) is 0.467. The van der Waals surface area contributed by atoms with E-state index in [4.69, 9.17) is 11.6 Å². The van der Waals surface area contributed by atoms with Crippen molar-refractivity contribution in [1.82, 2.24) is 14.5 Å². The Hall–Kier alpha value is -1.55. The van der Waals surface area contributed by atoms with Crippen LogP contribution in [0.5, 0.6) is 0 Å². The number of carbonyl (C=O) groups excluding carboxylic acids is 1. The number of aryl methyl sites for hydroxylation is 2. The average Bonchev–Trinajstić information content (AvgIpc) is 2.91. The number of fused-ring (bicyclic) bond motifs is 1. The molecule has 5 heteroatoms. The quantitative estimate of drug-likeness (QED) is 0.815. The van der Waals surface area contributed by atoms with Crippen LogP contribution in [0.15, 0.2) is 18.2 Å². The van der Waals surface area contributed by atoms with Crippen LogP contribution in [0.2, 0.25) is 0 Å². The van der Waals surface area contributed by atoms with E-state index in [-0.39, 0.29) is 11.9 Å². The standard InChI is InChI=1S/C15H18ClN3O/c1-10-3-4-12-11(9-10)17-14(5-7-16)19(12)13-6-8-18(2)15(13)20/h3-4,9,13H,5-8H2,1-2H3. The van der Waals surface area contributed by atoms with Gasteiger partial charge in [0.05, 0.1) is 11.0 Å². The van der Waals surface area contributed by atoms with Gasteiger partial charge in [-0.25, -0.2) is 4.98 Å². The van der Waals surface area contributed by atoms with Crippen LogP contribution in [0.25, 0.3) is 11.0 Å². The van der Waals surface area contributed by atoms with Gasteiger partial charge in [0, 0.05) is 25.9 Å². The van der Waals surface area contributed by atoms with Gasteiger partial charge in [0.1, 0.15) is 11.9 Å². The minimum absolute atomic E-state index is 0.133. The predicted molar refractivity (Wildman–Crippen MR) is 80.2 cm³/mol. The Morgan fingerprint density at radius 2 is 2.25 bits per heavy atom. The molecule has 4 nitrogen and oxygen atoms in total. The van der Waals surface area contributed by atoms with Gasteiger partial charge in [-0.05, 0) is 31.0 Å². The Bertz CT molecular complexity index is 664. The lowest BCUT2D eigenvalue weighted by atomic mass is 10.2. The summed E-state index contributed by atoms with van der Waals surface area (Å²) in [6.45, 7) is 2.85. The van der Waals surface area contributed by atoms with Gasteiger partial charge in [-0.2, -0.15) is 0 Å². The number of likely N-dealkylation sites (N-methyl/N-ethyl adjacent to an activating group) is 1. The first-order valence-electron chi connectivity index (χ1n) is 6.90. The van der Waals surface area contributed by atoms with Crippen molar-refractivity contribution in [1.29, 1.82) is 0 Å². The van der Waals surface area contributed by atoms with Crippen molar-refractivity contribution in [3.05, 3.63) is 29.6 Å². The second-order valence-corrected chi connectivity index (χ2v) is 5.77. The number of benzene rings is 1. The van der Waals surface area contributed by atoms with E-state index in [1.807, 2.05) is 14.0 Å². The maximum atomic E-state index is 12.3. The smallest absolute Gasteiger partial charge is 0.245 e. The largest absolute Gasteiger partial charge is 0.344 e. The summed E-state index contributed by atoms with van der Waals surface area (Å²) >= 11 is 5.89. The number of alkyl halides is 1. The SMILES string of the molecule is Cc1ccc2c(c1)nc(CCCl)n2C1CCN(C)C1=O. The van der Waals surface area contributed by atoms with Crippen molar-refractivity contribution in [2.75, 3.05) is 19.5 Å². The van der Waals surface area contributed by atoms with Crippen molar-refractivity contribution >= 4 is 28.5 Å². The van der Waals surface area contributed by atoms with Gasteiger partial charge in [-0.1, -0.05) is 6.07 Å². The first kappa shape index (κ1) is 13.4. The van der Waals surface area contributed by atoms with Gasteiger partial charge in [0.2, 0.25) is 5.91 Å². The van der Waals surface area contributed by atoms with E-state index >= 15 is 0 Å². The molecule has 1 aromatic heterocycles. The fourth-order valence-electron chi connectivity index (χ4n) is 2.91. The summed E-state index contributed by atoms with van der Waals surface area (Å²) in [6.07, 6.45) is 1.52. The van der Waals surface area contributed by atoms with Crippen molar-refractivity contribution in [2.45, 2.75) is 25.8 Å². The third-order valence-corrected chi connectivity index (χ3v) is 4.14. The molecule has 2 heterocycles.